The third-order valence-corrected chi connectivity index (χ3v) is 7.36. The molecule has 0 atom stereocenters. The molecule has 8 nitrogen and oxygen atoms in total. The number of carbonyl (C=O) groups is 3. The number of hydrogen-bond acceptors (Lipinski definition) is 5. The van der Waals surface area contributed by atoms with Crippen LogP contribution in [0, 0.1) is 11.8 Å². The highest BCUT2D eigenvalue weighted by atomic mass is 79.9. The minimum Gasteiger partial charge on any atom is -0.481 e. The number of rotatable bonds is 5. The number of halogens is 1. The fourth-order valence-electron chi connectivity index (χ4n) is 4.77. The Morgan fingerprint density at radius 3 is 2.55 bits per heavy atom. The SMILES string of the molecule is O=C1c2c(NC(=O)[C@H]3CC[C@H](C(=O)O)CC3)ccc(Br)c2CN1Cc1ccc2c(c1)OCO2. The van der Waals surface area contributed by atoms with Crippen LogP contribution in [0.1, 0.15) is 47.2 Å². The molecule has 0 radical (unpaired) electrons. The zero-order valence-electron chi connectivity index (χ0n) is 17.8. The number of nitrogens with zero attached hydrogens (tertiary/aromatic N) is 1. The summed E-state index contributed by atoms with van der Waals surface area (Å²) in [5.41, 5.74) is 2.76. The Bertz CT molecular complexity index is 1140. The summed E-state index contributed by atoms with van der Waals surface area (Å²) in [6.45, 7) is 1.03. The second kappa shape index (κ2) is 8.70. The summed E-state index contributed by atoms with van der Waals surface area (Å²) in [6, 6.07) is 9.21. The molecule has 1 saturated carbocycles. The predicted octanol–water partition coefficient (Wildman–Crippen LogP) is 4.16. The van der Waals surface area contributed by atoms with Crippen LogP contribution in [-0.2, 0) is 22.7 Å². The molecular weight excluding hydrogens is 492 g/mol. The molecule has 1 fully saturated rings. The van der Waals surface area contributed by atoms with Gasteiger partial charge in [0.2, 0.25) is 12.7 Å². The first-order chi connectivity index (χ1) is 15.9. The van der Waals surface area contributed by atoms with Crippen molar-refractivity contribution in [2.75, 3.05) is 12.1 Å². The van der Waals surface area contributed by atoms with E-state index in [-0.39, 0.29) is 30.4 Å². The number of benzene rings is 2. The van der Waals surface area contributed by atoms with Crippen molar-refractivity contribution in [3.63, 3.8) is 0 Å². The number of hydrogen-bond donors (Lipinski definition) is 2. The molecule has 2 aliphatic heterocycles. The quantitative estimate of drug-likeness (QED) is 0.620. The number of nitrogens with one attached hydrogen (secondary N) is 1. The number of carboxylic acid groups (broad SMARTS) is 1. The maximum absolute atomic E-state index is 13.3. The average Bonchev–Trinajstić information content (AvgIpc) is 3.41. The van der Waals surface area contributed by atoms with Crippen molar-refractivity contribution in [2.45, 2.75) is 38.8 Å². The molecule has 2 aromatic rings. The number of aliphatic carboxylic acids is 1. The standard InChI is InChI=1S/C24H23BrN2O6/c25-17-6-7-18(26-22(28)14-2-4-15(5-3-14)24(30)31)21-16(17)11-27(23(21)29)10-13-1-8-19-20(9-13)33-12-32-19/h1,6-9,14-15H,2-5,10-12H2,(H,26,28)(H,30,31)/t14-,15-. The van der Waals surface area contributed by atoms with Crippen LogP contribution in [0.15, 0.2) is 34.8 Å². The van der Waals surface area contributed by atoms with E-state index < -0.39 is 5.97 Å². The number of amides is 2. The van der Waals surface area contributed by atoms with Gasteiger partial charge in [0, 0.05) is 29.0 Å². The van der Waals surface area contributed by atoms with Crippen LogP contribution in [0.4, 0.5) is 5.69 Å². The first kappa shape index (κ1) is 21.8. The van der Waals surface area contributed by atoms with E-state index in [1.165, 1.54) is 0 Å². The Labute approximate surface area is 199 Å². The lowest BCUT2D eigenvalue weighted by molar-refractivity contribution is -0.143. The molecule has 2 heterocycles. The lowest BCUT2D eigenvalue weighted by atomic mass is 9.81. The third kappa shape index (κ3) is 4.17. The fourth-order valence-corrected chi connectivity index (χ4v) is 5.23. The molecular formula is C24H23BrN2O6. The maximum Gasteiger partial charge on any atom is 0.306 e. The van der Waals surface area contributed by atoms with Crippen molar-refractivity contribution in [2.24, 2.45) is 11.8 Å². The smallest absolute Gasteiger partial charge is 0.306 e. The zero-order valence-corrected chi connectivity index (χ0v) is 19.4. The van der Waals surface area contributed by atoms with E-state index in [1.807, 2.05) is 24.3 Å². The largest absolute Gasteiger partial charge is 0.481 e. The van der Waals surface area contributed by atoms with E-state index in [2.05, 4.69) is 21.2 Å². The third-order valence-electron chi connectivity index (χ3n) is 6.62. The van der Waals surface area contributed by atoms with E-state index in [1.54, 1.807) is 11.0 Å². The van der Waals surface area contributed by atoms with Crippen molar-refractivity contribution in [1.82, 2.24) is 4.90 Å². The topological polar surface area (TPSA) is 105 Å². The van der Waals surface area contributed by atoms with Gasteiger partial charge in [0.05, 0.1) is 17.2 Å². The molecule has 1 aliphatic carbocycles. The van der Waals surface area contributed by atoms with Crippen molar-refractivity contribution >= 4 is 39.4 Å². The van der Waals surface area contributed by atoms with Crippen LogP contribution < -0.4 is 14.8 Å². The van der Waals surface area contributed by atoms with Gasteiger partial charge < -0.3 is 24.8 Å². The van der Waals surface area contributed by atoms with Crippen molar-refractivity contribution in [1.29, 1.82) is 0 Å². The van der Waals surface area contributed by atoms with Gasteiger partial charge in [-0.15, -0.1) is 0 Å². The van der Waals surface area contributed by atoms with Crippen molar-refractivity contribution < 1.29 is 29.0 Å². The Morgan fingerprint density at radius 2 is 1.79 bits per heavy atom. The molecule has 2 N–H and O–H groups in total. The van der Waals surface area contributed by atoms with Gasteiger partial charge in [0.1, 0.15) is 0 Å². The van der Waals surface area contributed by atoms with Gasteiger partial charge in [-0.25, -0.2) is 0 Å². The molecule has 9 heteroatoms. The minimum atomic E-state index is -0.798. The zero-order chi connectivity index (χ0) is 23.1. The Hall–Kier alpha value is -3.07. The molecule has 0 bridgehead atoms. The van der Waals surface area contributed by atoms with Crippen LogP contribution in [0.25, 0.3) is 0 Å². The van der Waals surface area contributed by atoms with Crippen LogP contribution in [0.5, 0.6) is 11.5 Å². The van der Waals surface area contributed by atoms with Crippen LogP contribution in [0.2, 0.25) is 0 Å². The summed E-state index contributed by atoms with van der Waals surface area (Å²) in [5.74, 6) is -0.367. The lowest BCUT2D eigenvalue weighted by Gasteiger charge is -2.25. The second-order valence-corrected chi connectivity index (χ2v) is 9.53. The van der Waals surface area contributed by atoms with Gasteiger partial charge in [-0.2, -0.15) is 0 Å². The van der Waals surface area contributed by atoms with E-state index in [0.717, 1.165) is 15.6 Å². The Morgan fingerprint density at radius 1 is 1.06 bits per heavy atom. The van der Waals surface area contributed by atoms with Gasteiger partial charge in [0.15, 0.2) is 11.5 Å². The van der Waals surface area contributed by atoms with Crippen LogP contribution >= 0.6 is 15.9 Å². The summed E-state index contributed by atoms with van der Waals surface area (Å²) >= 11 is 3.54. The van der Waals surface area contributed by atoms with Gasteiger partial charge in [-0.3, -0.25) is 14.4 Å². The first-order valence-corrected chi connectivity index (χ1v) is 11.7. The number of carbonyl (C=O) groups excluding carboxylic acids is 2. The van der Waals surface area contributed by atoms with E-state index in [4.69, 9.17) is 9.47 Å². The molecule has 0 spiro atoms. The van der Waals surface area contributed by atoms with Gasteiger partial charge in [0.25, 0.3) is 5.91 Å². The van der Waals surface area contributed by atoms with Crippen LogP contribution in [0.3, 0.4) is 0 Å². The molecule has 172 valence electrons. The van der Waals surface area contributed by atoms with Gasteiger partial charge in [-0.1, -0.05) is 22.0 Å². The van der Waals surface area contributed by atoms with E-state index >= 15 is 0 Å². The number of fused-ring (bicyclic) bond motifs is 2. The first-order valence-electron chi connectivity index (χ1n) is 10.9. The number of anilines is 1. The Kier molecular flexibility index (Phi) is 5.74. The van der Waals surface area contributed by atoms with Gasteiger partial charge in [-0.05, 0) is 55.5 Å². The molecule has 2 aromatic carbocycles. The molecule has 2 amide bonds. The van der Waals surface area contributed by atoms with Gasteiger partial charge >= 0.3 is 5.97 Å². The summed E-state index contributed by atoms with van der Waals surface area (Å²) < 4.78 is 11.6. The normalized spacial score (nSPS) is 21.1. The monoisotopic (exact) mass is 514 g/mol. The summed E-state index contributed by atoms with van der Waals surface area (Å²) in [4.78, 5) is 39.1. The average molecular weight is 515 g/mol. The highest BCUT2D eigenvalue weighted by molar-refractivity contribution is 9.10. The summed E-state index contributed by atoms with van der Waals surface area (Å²) in [6.07, 6.45) is 2.06. The minimum absolute atomic E-state index is 0.145. The van der Waals surface area contributed by atoms with E-state index in [0.29, 0.717) is 61.5 Å². The maximum atomic E-state index is 13.3. The van der Waals surface area contributed by atoms with Crippen molar-refractivity contribution in [3.05, 3.63) is 51.5 Å². The number of carboxylic acids is 1. The fraction of sp³-hybridized carbons (Fsp3) is 0.375. The highest BCUT2D eigenvalue weighted by Crippen LogP contribution is 2.38. The highest BCUT2D eigenvalue weighted by Gasteiger charge is 2.34. The summed E-state index contributed by atoms with van der Waals surface area (Å²) in [5, 5.41) is 12.1. The summed E-state index contributed by atoms with van der Waals surface area (Å²) in [7, 11) is 0. The molecule has 0 saturated heterocycles. The second-order valence-electron chi connectivity index (χ2n) is 8.67. The van der Waals surface area contributed by atoms with Crippen LogP contribution in [-0.4, -0.2) is 34.6 Å². The molecule has 5 rings (SSSR count). The molecule has 0 unspecified atom stereocenters. The Balaban J connectivity index is 1.31. The molecule has 33 heavy (non-hydrogen) atoms. The lowest BCUT2D eigenvalue weighted by Crippen LogP contribution is -2.30. The molecule has 0 aromatic heterocycles. The van der Waals surface area contributed by atoms with Crippen molar-refractivity contribution in [3.8, 4) is 11.5 Å². The predicted molar refractivity (Wildman–Crippen MR) is 122 cm³/mol. The van der Waals surface area contributed by atoms with E-state index in [9.17, 15) is 19.5 Å². The molecule has 3 aliphatic rings. The number of ether oxygens (including phenoxy) is 2.